The van der Waals surface area contributed by atoms with Crippen molar-refractivity contribution in [3.63, 3.8) is 0 Å². The minimum absolute atomic E-state index is 0. The van der Waals surface area contributed by atoms with Gasteiger partial charge in [-0.05, 0) is 32.3 Å². The van der Waals surface area contributed by atoms with Crippen LogP contribution in [-0.4, -0.2) is 38.2 Å². The fourth-order valence-corrected chi connectivity index (χ4v) is 2.01. The lowest BCUT2D eigenvalue weighted by atomic mass is 10.1. The first kappa shape index (κ1) is 21.7. The predicted octanol–water partition coefficient (Wildman–Crippen LogP) is 2.74. The van der Waals surface area contributed by atoms with Gasteiger partial charge in [0.1, 0.15) is 0 Å². The average Bonchev–Trinajstić information content (AvgIpc) is 2.54. The fraction of sp³-hybridized carbons (Fsp3) is 0.529. The van der Waals surface area contributed by atoms with Crippen LogP contribution < -0.4 is 10.6 Å². The smallest absolute Gasteiger partial charge is 0.307 e. The van der Waals surface area contributed by atoms with E-state index >= 15 is 0 Å². The number of hydrogen-bond donors (Lipinski definition) is 2. The molecule has 0 spiro atoms. The number of aliphatic imine (C=N–C) groups is 1. The molecule has 0 aliphatic heterocycles. The molecule has 1 aromatic rings. The van der Waals surface area contributed by atoms with Gasteiger partial charge < -0.3 is 15.4 Å². The number of benzene rings is 1. The molecule has 1 aromatic carbocycles. The van der Waals surface area contributed by atoms with Crippen molar-refractivity contribution in [2.24, 2.45) is 4.99 Å². The first-order chi connectivity index (χ1) is 10.7. The summed E-state index contributed by atoms with van der Waals surface area (Å²) in [5, 5.41) is 6.56. The maximum Gasteiger partial charge on any atom is 0.307 e. The van der Waals surface area contributed by atoms with Gasteiger partial charge >= 0.3 is 5.97 Å². The van der Waals surface area contributed by atoms with Gasteiger partial charge in [-0.1, -0.05) is 30.3 Å². The van der Waals surface area contributed by atoms with Gasteiger partial charge in [0.2, 0.25) is 0 Å². The molecule has 0 saturated carbocycles. The van der Waals surface area contributed by atoms with Gasteiger partial charge in [0, 0.05) is 12.6 Å². The summed E-state index contributed by atoms with van der Waals surface area (Å²) in [5.41, 5.74) is 1.34. The molecule has 6 heteroatoms. The number of nitrogens with zero attached hydrogens (tertiary/aromatic N) is 1. The van der Waals surface area contributed by atoms with Gasteiger partial charge in [-0.25, -0.2) is 0 Å². The molecule has 1 atom stereocenters. The average molecular weight is 433 g/mol. The molecule has 0 amide bonds. The SMILES string of the molecule is CCNC(=NCCC(=O)OC)NC(C)CCc1ccccc1.I. The Bertz CT molecular complexity index is 466. The lowest BCUT2D eigenvalue weighted by molar-refractivity contribution is -0.140. The normalized spacial score (nSPS) is 12.0. The van der Waals surface area contributed by atoms with Gasteiger partial charge in [-0.3, -0.25) is 9.79 Å². The highest BCUT2D eigenvalue weighted by Crippen LogP contribution is 2.04. The summed E-state index contributed by atoms with van der Waals surface area (Å²) in [6.07, 6.45) is 2.34. The van der Waals surface area contributed by atoms with Gasteiger partial charge in [-0.15, -0.1) is 24.0 Å². The third-order valence-electron chi connectivity index (χ3n) is 3.25. The summed E-state index contributed by atoms with van der Waals surface area (Å²) in [7, 11) is 1.39. The number of aryl methyl sites for hydroxylation is 1. The number of carbonyl (C=O) groups excluding carboxylic acids is 1. The lowest BCUT2D eigenvalue weighted by Crippen LogP contribution is -2.42. The molecular formula is C17H28IN3O2. The van der Waals surface area contributed by atoms with Crippen molar-refractivity contribution in [3.8, 4) is 0 Å². The first-order valence-corrected chi connectivity index (χ1v) is 7.81. The van der Waals surface area contributed by atoms with E-state index in [0.717, 1.165) is 25.3 Å². The number of guanidine groups is 1. The number of hydrogen-bond acceptors (Lipinski definition) is 3. The predicted molar refractivity (Wildman–Crippen MR) is 105 cm³/mol. The van der Waals surface area contributed by atoms with E-state index in [1.165, 1.54) is 12.7 Å². The topological polar surface area (TPSA) is 62.7 Å². The van der Waals surface area contributed by atoms with E-state index in [1.54, 1.807) is 0 Å². The van der Waals surface area contributed by atoms with Crippen LogP contribution in [0.25, 0.3) is 0 Å². The highest BCUT2D eigenvalue weighted by molar-refractivity contribution is 14.0. The fourth-order valence-electron chi connectivity index (χ4n) is 2.01. The molecule has 0 saturated heterocycles. The molecule has 1 unspecified atom stereocenters. The Kier molecular flexibility index (Phi) is 12.4. The standard InChI is InChI=1S/C17H27N3O2.HI/c1-4-18-17(19-13-12-16(21)22-3)20-14(2)10-11-15-8-6-5-7-9-15;/h5-9,14H,4,10-13H2,1-3H3,(H2,18,19,20);1H. The van der Waals surface area contributed by atoms with Gasteiger partial charge in [0.05, 0.1) is 20.1 Å². The van der Waals surface area contributed by atoms with Crippen LogP contribution in [0.2, 0.25) is 0 Å². The second-order valence-corrected chi connectivity index (χ2v) is 5.16. The monoisotopic (exact) mass is 433 g/mol. The quantitative estimate of drug-likeness (QED) is 0.287. The summed E-state index contributed by atoms with van der Waals surface area (Å²) in [4.78, 5) is 15.5. The van der Waals surface area contributed by atoms with Gasteiger partial charge in [0.25, 0.3) is 0 Å². The summed E-state index contributed by atoms with van der Waals surface area (Å²) < 4.78 is 4.61. The lowest BCUT2D eigenvalue weighted by Gasteiger charge is -2.17. The zero-order valence-electron chi connectivity index (χ0n) is 14.2. The second kappa shape index (κ2) is 13.2. The number of rotatable bonds is 8. The zero-order chi connectivity index (χ0) is 16.2. The number of carbonyl (C=O) groups is 1. The Morgan fingerprint density at radius 2 is 2.00 bits per heavy atom. The summed E-state index contributed by atoms with van der Waals surface area (Å²) in [6, 6.07) is 10.7. The molecule has 0 aliphatic carbocycles. The van der Waals surface area contributed by atoms with Crippen molar-refractivity contribution in [1.29, 1.82) is 0 Å². The van der Waals surface area contributed by atoms with Crippen LogP contribution in [0.4, 0.5) is 0 Å². The van der Waals surface area contributed by atoms with E-state index in [0.29, 0.717) is 19.0 Å². The van der Waals surface area contributed by atoms with Crippen LogP contribution in [0.1, 0.15) is 32.3 Å². The highest BCUT2D eigenvalue weighted by Gasteiger charge is 2.06. The Morgan fingerprint density at radius 3 is 2.61 bits per heavy atom. The molecule has 0 fully saturated rings. The number of halogens is 1. The van der Waals surface area contributed by atoms with E-state index < -0.39 is 0 Å². The van der Waals surface area contributed by atoms with E-state index in [-0.39, 0.29) is 29.9 Å². The van der Waals surface area contributed by atoms with Crippen molar-refractivity contribution in [1.82, 2.24) is 10.6 Å². The van der Waals surface area contributed by atoms with Crippen molar-refractivity contribution in [2.75, 3.05) is 20.2 Å². The molecule has 130 valence electrons. The Labute approximate surface area is 156 Å². The van der Waals surface area contributed by atoms with E-state index in [9.17, 15) is 4.79 Å². The minimum atomic E-state index is -0.239. The third kappa shape index (κ3) is 10.1. The van der Waals surface area contributed by atoms with E-state index in [1.807, 2.05) is 13.0 Å². The van der Waals surface area contributed by atoms with E-state index in [4.69, 9.17) is 0 Å². The van der Waals surface area contributed by atoms with Crippen LogP contribution in [0.5, 0.6) is 0 Å². The van der Waals surface area contributed by atoms with Crippen LogP contribution in [0.15, 0.2) is 35.3 Å². The number of ether oxygens (including phenoxy) is 1. The van der Waals surface area contributed by atoms with Crippen LogP contribution in [0, 0.1) is 0 Å². The maximum absolute atomic E-state index is 11.1. The summed E-state index contributed by atoms with van der Waals surface area (Å²) in [5.74, 6) is 0.503. The molecule has 1 rings (SSSR count). The largest absolute Gasteiger partial charge is 0.469 e. The number of esters is 1. The van der Waals surface area contributed by atoms with Crippen LogP contribution in [-0.2, 0) is 16.0 Å². The number of methoxy groups -OCH3 is 1. The van der Waals surface area contributed by atoms with E-state index in [2.05, 4.69) is 51.6 Å². The Balaban J connectivity index is 0.00000484. The molecule has 0 heterocycles. The molecule has 0 radical (unpaired) electrons. The Hall–Kier alpha value is -1.31. The van der Waals surface area contributed by atoms with Crippen molar-refractivity contribution in [3.05, 3.63) is 35.9 Å². The van der Waals surface area contributed by atoms with Crippen LogP contribution in [0.3, 0.4) is 0 Å². The molecular weight excluding hydrogens is 405 g/mol. The Morgan fingerprint density at radius 1 is 1.30 bits per heavy atom. The summed E-state index contributed by atoms with van der Waals surface area (Å²) >= 11 is 0. The van der Waals surface area contributed by atoms with Crippen LogP contribution >= 0.6 is 24.0 Å². The minimum Gasteiger partial charge on any atom is -0.469 e. The van der Waals surface area contributed by atoms with Gasteiger partial charge in [0.15, 0.2) is 5.96 Å². The highest BCUT2D eigenvalue weighted by atomic mass is 127. The number of nitrogens with one attached hydrogen (secondary N) is 2. The first-order valence-electron chi connectivity index (χ1n) is 7.81. The molecule has 0 aromatic heterocycles. The molecule has 0 aliphatic rings. The molecule has 2 N–H and O–H groups in total. The summed E-state index contributed by atoms with van der Waals surface area (Å²) in [6.45, 7) is 5.37. The van der Waals surface area contributed by atoms with Crippen molar-refractivity contribution < 1.29 is 9.53 Å². The van der Waals surface area contributed by atoms with Gasteiger partial charge in [-0.2, -0.15) is 0 Å². The second-order valence-electron chi connectivity index (χ2n) is 5.16. The zero-order valence-corrected chi connectivity index (χ0v) is 16.5. The molecule has 0 bridgehead atoms. The molecule has 5 nitrogen and oxygen atoms in total. The van der Waals surface area contributed by atoms with Crippen molar-refractivity contribution >= 4 is 35.9 Å². The maximum atomic E-state index is 11.1. The van der Waals surface area contributed by atoms with Crippen molar-refractivity contribution in [2.45, 2.75) is 39.2 Å². The third-order valence-corrected chi connectivity index (χ3v) is 3.25. The molecule has 23 heavy (non-hydrogen) atoms.